The Balaban J connectivity index is 1.45. The van der Waals surface area contributed by atoms with E-state index in [1.54, 1.807) is 31.2 Å². The number of anilines is 1. The second kappa shape index (κ2) is 9.80. The van der Waals surface area contributed by atoms with Crippen LogP contribution in [0.3, 0.4) is 0 Å². The molecule has 0 bridgehead atoms. The predicted molar refractivity (Wildman–Crippen MR) is 109 cm³/mol. The molecule has 0 aliphatic carbocycles. The number of benzene rings is 3. The second-order valence-corrected chi connectivity index (χ2v) is 6.62. The van der Waals surface area contributed by atoms with Gasteiger partial charge in [0.15, 0.2) is 11.6 Å². The Hall–Kier alpha value is -3.25. The van der Waals surface area contributed by atoms with Gasteiger partial charge in [0.25, 0.3) is 0 Å². The summed E-state index contributed by atoms with van der Waals surface area (Å²) in [6, 6.07) is 20.3. The SMILES string of the molecule is C[C@H](NCC(=O)Nc1ccc(OCc2ccccc2)cc1)c1ccc(F)c(F)c1. The summed E-state index contributed by atoms with van der Waals surface area (Å²) in [7, 11) is 0. The Morgan fingerprint density at radius 1 is 0.966 bits per heavy atom. The Labute approximate surface area is 168 Å². The summed E-state index contributed by atoms with van der Waals surface area (Å²) >= 11 is 0. The fraction of sp³-hybridized carbons (Fsp3) is 0.174. The summed E-state index contributed by atoms with van der Waals surface area (Å²) in [5.74, 6) is -1.33. The number of halogens is 2. The average molecular weight is 396 g/mol. The zero-order valence-electron chi connectivity index (χ0n) is 16.0. The minimum absolute atomic E-state index is 0.0341. The Bertz CT molecular complexity index is 947. The van der Waals surface area contributed by atoms with E-state index >= 15 is 0 Å². The highest BCUT2D eigenvalue weighted by atomic mass is 19.2. The Morgan fingerprint density at radius 2 is 1.69 bits per heavy atom. The molecule has 0 spiro atoms. The quantitative estimate of drug-likeness (QED) is 0.573. The smallest absolute Gasteiger partial charge is 0.238 e. The number of carbonyl (C=O) groups is 1. The molecule has 29 heavy (non-hydrogen) atoms. The number of ether oxygens (including phenoxy) is 1. The zero-order valence-corrected chi connectivity index (χ0v) is 16.0. The highest BCUT2D eigenvalue weighted by Gasteiger charge is 2.11. The number of rotatable bonds is 8. The zero-order chi connectivity index (χ0) is 20.6. The van der Waals surface area contributed by atoms with Gasteiger partial charge in [-0.05, 0) is 54.4 Å². The van der Waals surface area contributed by atoms with Crippen molar-refractivity contribution < 1.29 is 18.3 Å². The van der Waals surface area contributed by atoms with E-state index < -0.39 is 11.6 Å². The van der Waals surface area contributed by atoms with Gasteiger partial charge in [0, 0.05) is 11.7 Å². The van der Waals surface area contributed by atoms with Crippen LogP contribution in [0.1, 0.15) is 24.1 Å². The molecule has 0 unspecified atom stereocenters. The van der Waals surface area contributed by atoms with Crippen molar-refractivity contribution >= 4 is 11.6 Å². The predicted octanol–water partition coefficient (Wildman–Crippen LogP) is 4.83. The maximum absolute atomic E-state index is 13.3. The van der Waals surface area contributed by atoms with E-state index in [2.05, 4.69) is 10.6 Å². The summed E-state index contributed by atoms with van der Waals surface area (Å²) in [5.41, 5.74) is 2.28. The van der Waals surface area contributed by atoms with E-state index in [9.17, 15) is 13.6 Å². The van der Waals surface area contributed by atoms with E-state index in [0.29, 0.717) is 23.6 Å². The maximum Gasteiger partial charge on any atom is 0.238 e. The van der Waals surface area contributed by atoms with Crippen molar-refractivity contribution in [2.24, 2.45) is 0 Å². The minimum atomic E-state index is -0.907. The van der Waals surface area contributed by atoms with E-state index in [4.69, 9.17) is 4.74 Å². The van der Waals surface area contributed by atoms with Crippen molar-refractivity contribution in [2.45, 2.75) is 19.6 Å². The summed E-state index contributed by atoms with van der Waals surface area (Å²) in [6.07, 6.45) is 0. The van der Waals surface area contributed by atoms with Crippen LogP contribution in [0.2, 0.25) is 0 Å². The van der Waals surface area contributed by atoms with Crippen molar-refractivity contribution in [3.8, 4) is 5.75 Å². The van der Waals surface area contributed by atoms with E-state index in [-0.39, 0.29) is 18.5 Å². The van der Waals surface area contributed by atoms with Gasteiger partial charge in [-0.15, -0.1) is 0 Å². The number of carbonyl (C=O) groups excluding carboxylic acids is 1. The molecule has 0 heterocycles. The number of nitrogens with one attached hydrogen (secondary N) is 2. The van der Waals surface area contributed by atoms with Gasteiger partial charge in [0.2, 0.25) is 5.91 Å². The first kappa shape index (κ1) is 20.5. The van der Waals surface area contributed by atoms with Crippen molar-refractivity contribution in [1.82, 2.24) is 5.32 Å². The summed E-state index contributed by atoms with van der Waals surface area (Å²) < 4.78 is 32.0. The fourth-order valence-electron chi connectivity index (χ4n) is 2.73. The molecule has 150 valence electrons. The van der Waals surface area contributed by atoms with Gasteiger partial charge in [-0.3, -0.25) is 4.79 Å². The molecule has 0 saturated carbocycles. The second-order valence-electron chi connectivity index (χ2n) is 6.62. The molecule has 1 atom stereocenters. The third kappa shape index (κ3) is 6.12. The summed E-state index contributed by atoms with van der Waals surface area (Å²) in [4.78, 5) is 12.1. The molecule has 0 radical (unpaired) electrons. The van der Waals surface area contributed by atoms with Gasteiger partial charge in [-0.1, -0.05) is 36.4 Å². The first-order chi connectivity index (χ1) is 14.0. The summed E-state index contributed by atoms with van der Waals surface area (Å²) in [5, 5.41) is 5.77. The van der Waals surface area contributed by atoms with Crippen LogP contribution >= 0.6 is 0 Å². The van der Waals surface area contributed by atoms with Gasteiger partial charge in [0.05, 0.1) is 6.54 Å². The van der Waals surface area contributed by atoms with Crippen LogP contribution in [-0.2, 0) is 11.4 Å². The van der Waals surface area contributed by atoms with Gasteiger partial charge in [0.1, 0.15) is 12.4 Å². The number of amides is 1. The minimum Gasteiger partial charge on any atom is -0.489 e. The van der Waals surface area contributed by atoms with Crippen molar-refractivity contribution in [3.63, 3.8) is 0 Å². The molecule has 3 aromatic carbocycles. The van der Waals surface area contributed by atoms with Gasteiger partial charge >= 0.3 is 0 Å². The lowest BCUT2D eigenvalue weighted by Gasteiger charge is -2.14. The standard InChI is InChI=1S/C23H22F2N2O2/c1-16(18-7-12-21(24)22(25)13-18)26-14-23(28)27-19-8-10-20(11-9-19)29-15-17-5-3-2-4-6-17/h2-13,16,26H,14-15H2,1H3,(H,27,28)/t16-/m0/s1. The van der Waals surface area contributed by atoms with Gasteiger partial charge < -0.3 is 15.4 Å². The molecule has 1 amide bonds. The van der Waals surface area contributed by atoms with Crippen LogP contribution in [0, 0.1) is 11.6 Å². The average Bonchev–Trinajstić information content (AvgIpc) is 2.74. The van der Waals surface area contributed by atoms with Crippen LogP contribution in [0.15, 0.2) is 72.8 Å². The van der Waals surface area contributed by atoms with Crippen LogP contribution in [0.25, 0.3) is 0 Å². The molecule has 2 N–H and O–H groups in total. The van der Waals surface area contributed by atoms with Crippen molar-refractivity contribution in [3.05, 3.63) is 95.6 Å². The first-order valence-electron chi connectivity index (χ1n) is 9.26. The molecule has 4 nitrogen and oxygen atoms in total. The van der Waals surface area contributed by atoms with E-state index in [1.807, 2.05) is 30.3 Å². The van der Waals surface area contributed by atoms with Crippen LogP contribution in [-0.4, -0.2) is 12.5 Å². The molecule has 0 fully saturated rings. The third-order valence-electron chi connectivity index (χ3n) is 4.40. The molecule has 0 aliphatic heterocycles. The lowest BCUT2D eigenvalue weighted by molar-refractivity contribution is -0.115. The number of hydrogen-bond donors (Lipinski definition) is 2. The van der Waals surface area contributed by atoms with Crippen LogP contribution in [0.4, 0.5) is 14.5 Å². The molecule has 3 aromatic rings. The highest BCUT2D eigenvalue weighted by Crippen LogP contribution is 2.18. The highest BCUT2D eigenvalue weighted by molar-refractivity contribution is 5.92. The monoisotopic (exact) mass is 396 g/mol. The van der Waals surface area contributed by atoms with Crippen molar-refractivity contribution in [1.29, 1.82) is 0 Å². The molecular weight excluding hydrogens is 374 g/mol. The molecule has 0 aliphatic rings. The lowest BCUT2D eigenvalue weighted by Crippen LogP contribution is -2.30. The molecule has 6 heteroatoms. The lowest BCUT2D eigenvalue weighted by atomic mass is 10.1. The normalized spacial score (nSPS) is 11.7. The Morgan fingerprint density at radius 3 is 2.38 bits per heavy atom. The van der Waals surface area contributed by atoms with E-state index in [1.165, 1.54) is 6.07 Å². The molecule has 0 saturated heterocycles. The van der Waals surface area contributed by atoms with Crippen molar-refractivity contribution in [2.75, 3.05) is 11.9 Å². The largest absolute Gasteiger partial charge is 0.489 e. The van der Waals surface area contributed by atoms with Crippen LogP contribution < -0.4 is 15.4 Å². The summed E-state index contributed by atoms with van der Waals surface area (Å²) in [6.45, 7) is 2.28. The van der Waals surface area contributed by atoms with E-state index in [0.717, 1.165) is 17.7 Å². The third-order valence-corrected chi connectivity index (χ3v) is 4.40. The van der Waals surface area contributed by atoms with Gasteiger partial charge in [-0.25, -0.2) is 8.78 Å². The Kier molecular flexibility index (Phi) is 6.92. The topological polar surface area (TPSA) is 50.4 Å². The maximum atomic E-state index is 13.3. The van der Waals surface area contributed by atoms with Crippen LogP contribution in [0.5, 0.6) is 5.75 Å². The molecule has 0 aromatic heterocycles. The molecular formula is C23H22F2N2O2. The fourth-order valence-corrected chi connectivity index (χ4v) is 2.73. The van der Waals surface area contributed by atoms with Gasteiger partial charge in [-0.2, -0.15) is 0 Å². The molecule has 3 rings (SSSR count). The first-order valence-corrected chi connectivity index (χ1v) is 9.26. The number of hydrogen-bond acceptors (Lipinski definition) is 3.